The summed E-state index contributed by atoms with van der Waals surface area (Å²) in [5.74, 6) is 0.0661. The number of carbonyl (C=O) groups excluding carboxylic acids is 1. The molecule has 1 aromatic rings. The highest BCUT2D eigenvalue weighted by Gasteiger charge is 2.30. The SMILES string of the molecule is CCS(=O)(=O)N1CCC(C(=O)NCc2ccccc2CN2CCCCC2)CC1. The first-order chi connectivity index (χ1) is 13.5. The van der Waals surface area contributed by atoms with Crippen LogP contribution in [0.4, 0.5) is 0 Å². The van der Waals surface area contributed by atoms with Crippen LogP contribution in [0.15, 0.2) is 24.3 Å². The molecular weight excluding hydrogens is 374 g/mol. The smallest absolute Gasteiger partial charge is 0.223 e. The van der Waals surface area contributed by atoms with E-state index in [0.29, 0.717) is 32.5 Å². The number of hydrogen-bond donors (Lipinski definition) is 1. The number of benzene rings is 1. The van der Waals surface area contributed by atoms with Gasteiger partial charge in [-0.15, -0.1) is 0 Å². The van der Waals surface area contributed by atoms with Crippen LogP contribution in [0.2, 0.25) is 0 Å². The fraction of sp³-hybridized carbons (Fsp3) is 0.667. The van der Waals surface area contributed by atoms with Crippen molar-refractivity contribution in [3.63, 3.8) is 0 Å². The summed E-state index contributed by atoms with van der Waals surface area (Å²) >= 11 is 0. The summed E-state index contributed by atoms with van der Waals surface area (Å²) in [6, 6.07) is 8.34. The van der Waals surface area contributed by atoms with Crippen LogP contribution in [0.25, 0.3) is 0 Å². The van der Waals surface area contributed by atoms with E-state index in [4.69, 9.17) is 0 Å². The van der Waals surface area contributed by atoms with Crippen LogP contribution in [0.1, 0.15) is 50.2 Å². The van der Waals surface area contributed by atoms with E-state index in [1.807, 2.05) is 6.07 Å². The van der Waals surface area contributed by atoms with E-state index in [0.717, 1.165) is 19.6 Å². The number of nitrogens with zero attached hydrogens (tertiary/aromatic N) is 2. The largest absolute Gasteiger partial charge is 0.352 e. The topological polar surface area (TPSA) is 69.7 Å². The van der Waals surface area contributed by atoms with Crippen molar-refractivity contribution in [1.29, 1.82) is 0 Å². The van der Waals surface area contributed by atoms with Crippen molar-refractivity contribution in [1.82, 2.24) is 14.5 Å². The Morgan fingerprint density at radius 3 is 2.32 bits per heavy atom. The summed E-state index contributed by atoms with van der Waals surface area (Å²) in [7, 11) is -3.15. The van der Waals surface area contributed by atoms with E-state index in [1.165, 1.54) is 34.7 Å². The lowest BCUT2D eigenvalue weighted by Crippen LogP contribution is -2.43. The maximum atomic E-state index is 12.6. The maximum Gasteiger partial charge on any atom is 0.223 e. The molecule has 1 amide bonds. The van der Waals surface area contributed by atoms with Crippen LogP contribution in [-0.4, -0.2) is 55.5 Å². The van der Waals surface area contributed by atoms with Crippen LogP contribution in [0, 0.1) is 5.92 Å². The molecule has 0 aromatic heterocycles. The quantitative estimate of drug-likeness (QED) is 0.753. The molecule has 2 aliphatic heterocycles. The van der Waals surface area contributed by atoms with Gasteiger partial charge in [0.15, 0.2) is 0 Å². The number of sulfonamides is 1. The average Bonchev–Trinajstić information content (AvgIpc) is 2.74. The Labute approximate surface area is 169 Å². The van der Waals surface area contributed by atoms with E-state index in [-0.39, 0.29) is 17.6 Å². The molecule has 0 unspecified atom stereocenters. The molecule has 7 heteroatoms. The van der Waals surface area contributed by atoms with Gasteiger partial charge in [-0.25, -0.2) is 12.7 Å². The third kappa shape index (κ3) is 5.55. The Hall–Kier alpha value is -1.44. The molecule has 2 heterocycles. The van der Waals surface area contributed by atoms with Gasteiger partial charge in [0.25, 0.3) is 0 Å². The van der Waals surface area contributed by atoms with Crippen molar-refractivity contribution in [2.45, 2.75) is 52.1 Å². The molecule has 0 atom stereocenters. The number of piperidine rings is 2. The summed E-state index contributed by atoms with van der Waals surface area (Å²) in [6.07, 6.45) is 5.06. The zero-order chi connectivity index (χ0) is 20.0. The normalized spacial score (nSPS) is 20.2. The zero-order valence-electron chi connectivity index (χ0n) is 16.9. The molecule has 3 rings (SSSR count). The molecule has 1 N–H and O–H groups in total. The second kappa shape index (κ2) is 9.85. The van der Waals surface area contributed by atoms with E-state index in [1.54, 1.807) is 6.92 Å². The van der Waals surface area contributed by atoms with Gasteiger partial charge in [-0.2, -0.15) is 0 Å². The summed E-state index contributed by atoms with van der Waals surface area (Å²) < 4.78 is 25.4. The second-order valence-electron chi connectivity index (χ2n) is 7.90. The number of carbonyl (C=O) groups is 1. The van der Waals surface area contributed by atoms with Gasteiger partial charge in [0, 0.05) is 32.1 Å². The Kier molecular flexibility index (Phi) is 7.48. The molecular formula is C21H33N3O3S. The van der Waals surface area contributed by atoms with Crippen LogP contribution in [0.5, 0.6) is 0 Å². The zero-order valence-corrected chi connectivity index (χ0v) is 17.7. The second-order valence-corrected chi connectivity index (χ2v) is 10.2. The fourth-order valence-corrected chi connectivity index (χ4v) is 5.28. The van der Waals surface area contributed by atoms with E-state index in [2.05, 4.69) is 28.4 Å². The molecule has 0 bridgehead atoms. The first kappa shape index (κ1) is 21.3. The molecule has 156 valence electrons. The Bertz CT molecular complexity index is 752. The lowest BCUT2D eigenvalue weighted by molar-refractivity contribution is -0.126. The van der Waals surface area contributed by atoms with Gasteiger partial charge in [0.05, 0.1) is 5.75 Å². The minimum atomic E-state index is -3.15. The Balaban J connectivity index is 1.51. The molecule has 0 radical (unpaired) electrons. The first-order valence-electron chi connectivity index (χ1n) is 10.5. The molecule has 0 saturated carbocycles. The van der Waals surface area contributed by atoms with Gasteiger partial charge in [0.1, 0.15) is 0 Å². The summed E-state index contributed by atoms with van der Waals surface area (Å²) in [5, 5.41) is 3.09. The van der Waals surface area contributed by atoms with E-state index >= 15 is 0 Å². The maximum absolute atomic E-state index is 12.6. The lowest BCUT2D eigenvalue weighted by atomic mass is 9.97. The number of likely N-dealkylation sites (tertiary alicyclic amines) is 1. The molecule has 0 aliphatic carbocycles. The third-order valence-corrected chi connectivity index (χ3v) is 7.88. The van der Waals surface area contributed by atoms with Crippen LogP contribution in [0.3, 0.4) is 0 Å². The molecule has 2 aliphatic rings. The first-order valence-corrected chi connectivity index (χ1v) is 12.1. The third-order valence-electron chi connectivity index (χ3n) is 6.00. The monoisotopic (exact) mass is 407 g/mol. The molecule has 2 saturated heterocycles. The predicted molar refractivity (Wildman–Crippen MR) is 111 cm³/mol. The molecule has 28 heavy (non-hydrogen) atoms. The van der Waals surface area contributed by atoms with Gasteiger partial charge < -0.3 is 5.32 Å². The summed E-state index contributed by atoms with van der Waals surface area (Å²) in [4.78, 5) is 15.1. The Morgan fingerprint density at radius 2 is 1.68 bits per heavy atom. The number of rotatable bonds is 7. The molecule has 0 spiro atoms. The predicted octanol–water partition coefficient (Wildman–Crippen LogP) is 2.35. The summed E-state index contributed by atoms with van der Waals surface area (Å²) in [5.41, 5.74) is 2.46. The van der Waals surface area contributed by atoms with Gasteiger partial charge in [0.2, 0.25) is 15.9 Å². The van der Waals surface area contributed by atoms with Gasteiger partial charge >= 0.3 is 0 Å². The van der Waals surface area contributed by atoms with Gasteiger partial charge in [-0.05, 0) is 56.8 Å². The van der Waals surface area contributed by atoms with Gasteiger partial charge in [-0.1, -0.05) is 30.7 Å². The number of nitrogens with one attached hydrogen (secondary N) is 1. The standard InChI is InChI=1S/C21H33N3O3S/c1-2-28(26,27)24-14-10-18(11-15-24)21(25)22-16-19-8-4-5-9-20(19)17-23-12-6-3-7-13-23/h4-5,8-9,18H,2-3,6-7,10-17H2,1H3,(H,22,25). The fourth-order valence-electron chi connectivity index (χ4n) is 4.15. The molecule has 6 nitrogen and oxygen atoms in total. The van der Waals surface area contributed by atoms with Crippen molar-refractivity contribution >= 4 is 15.9 Å². The van der Waals surface area contributed by atoms with Crippen LogP contribution < -0.4 is 5.32 Å². The average molecular weight is 408 g/mol. The Morgan fingerprint density at radius 1 is 1.04 bits per heavy atom. The van der Waals surface area contributed by atoms with Crippen molar-refractivity contribution in [3.8, 4) is 0 Å². The van der Waals surface area contributed by atoms with Crippen molar-refractivity contribution in [3.05, 3.63) is 35.4 Å². The highest BCUT2D eigenvalue weighted by molar-refractivity contribution is 7.89. The minimum Gasteiger partial charge on any atom is -0.352 e. The van der Waals surface area contributed by atoms with Crippen molar-refractivity contribution in [2.75, 3.05) is 31.9 Å². The lowest BCUT2D eigenvalue weighted by Gasteiger charge is -2.30. The minimum absolute atomic E-state index is 0.0429. The highest BCUT2D eigenvalue weighted by Crippen LogP contribution is 2.21. The van der Waals surface area contributed by atoms with Crippen LogP contribution in [-0.2, 0) is 27.9 Å². The number of hydrogen-bond acceptors (Lipinski definition) is 4. The highest BCUT2D eigenvalue weighted by atomic mass is 32.2. The van der Waals surface area contributed by atoms with Crippen molar-refractivity contribution in [2.24, 2.45) is 5.92 Å². The van der Waals surface area contributed by atoms with E-state index in [9.17, 15) is 13.2 Å². The van der Waals surface area contributed by atoms with Crippen LogP contribution >= 0.6 is 0 Å². The van der Waals surface area contributed by atoms with Crippen molar-refractivity contribution < 1.29 is 13.2 Å². The molecule has 2 fully saturated rings. The summed E-state index contributed by atoms with van der Waals surface area (Å²) in [6.45, 7) is 6.34. The number of amides is 1. The molecule has 1 aromatic carbocycles. The van der Waals surface area contributed by atoms with E-state index < -0.39 is 10.0 Å². The van der Waals surface area contributed by atoms with Gasteiger partial charge in [-0.3, -0.25) is 9.69 Å².